The van der Waals surface area contributed by atoms with Crippen molar-refractivity contribution in [3.8, 4) is 11.5 Å². The first-order valence-electron chi connectivity index (χ1n) is 11.5. The van der Waals surface area contributed by atoms with Crippen LogP contribution in [-0.4, -0.2) is 59.9 Å². The normalized spacial score (nSPS) is 20.8. The molecule has 32 heavy (non-hydrogen) atoms. The molecule has 6 nitrogen and oxygen atoms in total. The third-order valence-corrected chi connectivity index (χ3v) is 6.98. The highest BCUT2D eigenvalue weighted by Gasteiger charge is 2.37. The summed E-state index contributed by atoms with van der Waals surface area (Å²) in [6.07, 6.45) is 3.79. The second-order valence-corrected chi connectivity index (χ2v) is 9.25. The Hall–Kier alpha value is -2.18. The summed E-state index contributed by atoms with van der Waals surface area (Å²) in [4.78, 5) is 9.54. The first-order chi connectivity index (χ1) is 14.8. The first-order valence-corrected chi connectivity index (χ1v) is 11.5. The van der Waals surface area contributed by atoms with Gasteiger partial charge in [-0.15, -0.1) is 12.4 Å². The molecule has 176 valence electrons. The van der Waals surface area contributed by atoms with E-state index in [1.807, 2.05) is 26.1 Å². The molecule has 1 saturated heterocycles. The smallest absolute Gasteiger partial charge is 0.152 e. The van der Waals surface area contributed by atoms with E-state index in [9.17, 15) is 5.11 Å². The van der Waals surface area contributed by atoms with Crippen LogP contribution in [-0.2, 0) is 6.42 Å². The molecule has 2 aromatic rings. The van der Waals surface area contributed by atoms with Gasteiger partial charge in [-0.05, 0) is 76.3 Å². The Bertz CT molecular complexity index is 959. The van der Waals surface area contributed by atoms with Gasteiger partial charge in [-0.3, -0.25) is 4.90 Å². The summed E-state index contributed by atoms with van der Waals surface area (Å²) in [7, 11) is 0. The number of rotatable bonds is 5. The van der Waals surface area contributed by atoms with Gasteiger partial charge in [0.25, 0.3) is 0 Å². The molecule has 0 radical (unpaired) electrons. The Balaban J connectivity index is 0.00000289. The minimum atomic E-state index is -0.213. The molecule has 1 aromatic carbocycles. The zero-order chi connectivity index (χ0) is 22.2. The summed E-state index contributed by atoms with van der Waals surface area (Å²) < 4.78 is 6.64. The van der Waals surface area contributed by atoms with Gasteiger partial charge < -0.3 is 20.1 Å². The number of pyridine rings is 1. The highest BCUT2D eigenvalue weighted by molar-refractivity contribution is 5.85. The Morgan fingerprint density at radius 3 is 2.53 bits per heavy atom. The van der Waals surface area contributed by atoms with E-state index in [4.69, 9.17) is 4.74 Å². The summed E-state index contributed by atoms with van der Waals surface area (Å²) in [6.45, 7) is 16.1. The molecular formula is C25H37ClN4O2. The lowest BCUT2D eigenvalue weighted by Gasteiger charge is -2.43. The molecule has 0 amide bonds. The molecular weight excluding hydrogens is 424 g/mol. The Kier molecular flexibility index (Phi) is 7.46. The summed E-state index contributed by atoms with van der Waals surface area (Å²) in [5, 5.41) is 13.9. The van der Waals surface area contributed by atoms with Crippen molar-refractivity contribution in [1.82, 2.24) is 9.88 Å². The molecule has 0 aliphatic carbocycles. The minimum absolute atomic E-state index is 0. The first kappa shape index (κ1) is 24.5. The van der Waals surface area contributed by atoms with Crippen molar-refractivity contribution in [2.45, 2.75) is 53.1 Å². The molecule has 1 unspecified atom stereocenters. The predicted molar refractivity (Wildman–Crippen MR) is 134 cm³/mol. The molecule has 2 N–H and O–H groups in total. The van der Waals surface area contributed by atoms with Crippen LogP contribution in [0, 0.1) is 20.8 Å². The number of phenolic OH excluding ortho intramolecular Hbond substituents is 1. The molecule has 4 rings (SSSR count). The Labute approximate surface area is 198 Å². The number of anilines is 2. The molecule has 0 bridgehead atoms. The van der Waals surface area contributed by atoms with Crippen LogP contribution in [0.15, 0.2) is 18.3 Å². The number of phenols is 1. The maximum Gasteiger partial charge on any atom is 0.152 e. The van der Waals surface area contributed by atoms with Crippen LogP contribution in [0.1, 0.15) is 42.5 Å². The van der Waals surface area contributed by atoms with Crippen LogP contribution in [0.5, 0.6) is 11.5 Å². The number of nitrogens with one attached hydrogen (secondary N) is 1. The van der Waals surface area contributed by atoms with Crippen LogP contribution in [0.3, 0.4) is 0 Å². The number of ether oxygens (including phenoxy) is 1. The molecule has 1 fully saturated rings. The van der Waals surface area contributed by atoms with Crippen LogP contribution in [0.4, 0.5) is 11.5 Å². The number of piperazine rings is 1. The topological polar surface area (TPSA) is 60.9 Å². The maximum atomic E-state index is 10.4. The van der Waals surface area contributed by atoms with Gasteiger partial charge in [0, 0.05) is 51.0 Å². The van der Waals surface area contributed by atoms with Crippen molar-refractivity contribution in [1.29, 1.82) is 0 Å². The van der Waals surface area contributed by atoms with Gasteiger partial charge in [0.15, 0.2) is 5.82 Å². The molecule has 1 aromatic heterocycles. The number of hydrogen-bond donors (Lipinski definition) is 2. The number of hydrogen-bond acceptors (Lipinski definition) is 6. The van der Waals surface area contributed by atoms with Gasteiger partial charge in [0.1, 0.15) is 17.1 Å². The second kappa shape index (κ2) is 9.75. The Morgan fingerprint density at radius 2 is 1.84 bits per heavy atom. The van der Waals surface area contributed by atoms with E-state index >= 15 is 0 Å². The zero-order valence-electron chi connectivity index (χ0n) is 20.0. The average molecular weight is 461 g/mol. The molecule has 2 aliphatic rings. The fourth-order valence-electron chi connectivity index (χ4n) is 4.97. The summed E-state index contributed by atoms with van der Waals surface area (Å²) >= 11 is 0. The van der Waals surface area contributed by atoms with Crippen LogP contribution >= 0.6 is 12.4 Å². The van der Waals surface area contributed by atoms with E-state index in [0.717, 1.165) is 86.1 Å². The lowest BCUT2D eigenvalue weighted by atomic mass is 9.87. The summed E-state index contributed by atoms with van der Waals surface area (Å²) in [5.74, 6) is 2.47. The molecule has 7 heteroatoms. The number of halogens is 1. The van der Waals surface area contributed by atoms with Crippen LogP contribution < -0.4 is 15.0 Å². The number of nitrogens with zero attached hydrogens (tertiary/aromatic N) is 3. The van der Waals surface area contributed by atoms with Crippen molar-refractivity contribution in [3.05, 3.63) is 40.6 Å². The average Bonchev–Trinajstić information content (AvgIpc) is 2.77. The third kappa shape index (κ3) is 4.62. The molecule has 3 heterocycles. The van der Waals surface area contributed by atoms with Gasteiger partial charge in [-0.25, -0.2) is 4.98 Å². The maximum absolute atomic E-state index is 10.4. The van der Waals surface area contributed by atoms with Gasteiger partial charge in [0.2, 0.25) is 0 Å². The SMILES string of the molecule is CCNc1cccnc1N1CCN(CC2(C)CCc3c(C)c(O)c(C)c(C)c3O2)CC1.Cl. The van der Waals surface area contributed by atoms with Crippen LogP contribution in [0.2, 0.25) is 0 Å². The molecule has 1 atom stereocenters. The highest BCUT2D eigenvalue weighted by atomic mass is 35.5. The Morgan fingerprint density at radius 1 is 1.12 bits per heavy atom. The molecule has 0 saturated carbocycles. The highest BCUT2D eigenvalue weighted by Crippen LogP contribution is 2.43. The van der Waals surface area contributed by atoms with Crippen molar-refractivity contribution >= 4 is 23.9 Å². The third-order valence-electron chi connectivity index (χ3n) is 6.98. The van der Waals surface area contributed by atoms with Crippen molar-refractivity contribution < 1.29 is 9.84 Å². The van der Waals surface area contributed by atoms with E-state index in [0.29, 0.717) is 5.75 Å². The van der Waals surface area contributed by atoms with Crippen LogP contribution in [0.25, 0.3) is 0 Å². The number of fused-ring (bicyclic) bond motifs is 1. The lowest BCUT2D eigenvalue weighted by Crippen LogP contribution is -2.54. The fraction of sp³-hybridized carbons (Fsp3) is 0.560. The standard InChI is InChI=1S/C25H36N4O2.ClH/c1-6-26-21-8-7-11-27-24(21)29-14-12-28(13-15-29)16-25(5)10-9-20-19(4)22(30)17(2)18(3)23(20)31-25;/h7-8,11,26,30H,6,9-10,12-16H2,1-5H3;1H. The van der Waals surface area contributed by atoms with E-state index in [2.05, 4.69) is 46.9 Å². The predicted octanol–water partition coefficient (Wildman–Crippen LogP) is 4.47. The van der Waals surface area contributed by atoms with Gasteiger partial charge in [-0.1, -0.05) is 0 Å². The summed E-state index contributed by atoms with van der Waals surface area (Å²) in [5.41, 5.74) is 5.05. The van der Waals surface area contributed by atoms with Crippen molar-refractivity contribution in [3.63, 3.8) is 0 Å². The zero-order valence-corrected chi connectivity index (χ0v) is 20.8. The largest absolute Gasteiger partial charge is 0.507 e. The van der Waals surface area contributed by atoms with Gasteiger partial charge in [-0.2, -0.15) is 0 Å². The lowest BCUT2D eigenvalue weighted by molar-refractivity contribution is 0.0226. The van der Waals surface area contributed by atoms with Gasteiger partial charge >= 0.3 is 0 Å². The number of aromatic hydroxyl groups is 1. The monoisotopic (exact) mass is 460 g/mol. The van der Waals surface area contributed by atoms with E-state index in [1.165, 1.54) is 5.56 Å². The number of benzene rings is 1. The summed E-state index contributed by atoms with van der Waals surface area (Å²) in [6, 6.07) is 4.10. The quantitative estimate of drug-likeness (QED) is 0.686. The molecule has 0 spiro atoms. The minimum Gasteiger partial charge on any atom is -0.507 e. The van der Waals surface area contributed by atoms with E-state index in [1.54, 1.807) is 0 Å². The van der Waals surface area contributed by atoms with Crippen molar-refractivity contribution in [2.24, 2.45) is 0 Å². The fourth-order valence-corrected chi connectivity index (χ4v) is 4.97. The number of aromatic nitrogens is 1. The van der Waals surface area contributed by atoms with E-state index in [-0.39, 0.29) is 18.0 Å². The molecule has 2 aliphatic heterocycles. The second-order valence-electron chi connectivity index (χ2n) is 9.25. The van der Waals surface area contributed by atoms with E-state index < -0.39 is 0 Å². The van der Waals surface area contributed by atoms with Crippen molar-refractivity contribution in [2.75, 3.05) is 49.5 Å². The van der Waals surface area contributed by atoms with Gasteiger partial charge in [0.05, 0.1) is 5.69 Å².